The Morgan fingerprint density at radius 1 is 1.12 bits per heavy atom. The normalized spacial score (nSPS) is 11.5. The zero-order valence-electron chi connectivity index (χ0n) is 14.4. The van der Waals surface area contributed by atoms with E-state index in [9.17, 15) is 9.59 Å². The number of amides is 1. The van der Waals surface area contributed by atoms with Crippen molar-refractivity contribution >= 4 is 35.1 Å². The summed E-state index contributed by atoms with van der Waals surface area (Å²) in [6.07, 6.45) is 0.00618. The molecule has 0 fully saturated rings. The van der Waals surface area contributed by atoms with E-state index in [4.69, 9.17) is 32.7 Å². The molecular formula is C19H19Cl2NO4. The molecule has 0 saturated carbocycles. The molecule has 1 unspecified atom stereocenters. The van der Waals surface area contributed by atoms with Crippen LogP contribution in [0.1, 0.15) is 24.1 Å². The number of ether oxygens (including phenoxy) is 2. The largest absolute Gasteiger partial charge is 0.496 e. The molecule has 2 aromatic carbocycles. The molecule has 2 rings (SSSR count). The molecule has 0 saturated heterocycles. The Morgan fingerprint density at radius 3 is 2.54 bits per heavy atom. The highest BCUT2D eigenvalue weighted by atomic mass is 35.5. The molecule has 0 aliphatic carbocycles. The third-order valence-corrected chi connectivity index (χ3v) is 4.42. The Balaban J connectivity index is 1.84. The first-order valence-electron chi connectivity index (χ1n) is 7.92. The number of hydrogen-bond acceptors (Lipinski definition) is 4. The van der Waals surface area contributed by atoms with Crippen LogP contribution in [-0.4, -0.2) is 25.6 Å². The van der Waals surface area contributed by atoms with Crippen LogP contribution in [-0.2, 0) is 20.7 Å². The molecule has 0 radical (unpaired) electrons. The fourth-order valence-electron chi connectivity index (χ4n) is 2.40. The van der Waals surface area contributed by atoms with Gasteiger partial charge in [0.1, 0.15) is 5.75 Å². The summed E-state index contributed by atoms with van der Waals surface area (Å²) < 4.78 is 10.3. The highest BCUT2D eigenvalue weighted by Crippen LogP contribution is 2.24. The number of esters is 1. The van der Waals surface area contributed by atoms with Crippen LogP contribution in [0.5, 0.6) is 5.75 Å². The summed E-state index contributed by atoms with van der Waals surface area (Å²) in [5.74, 6) is -0.244. The van der Waals surface area contributed by atoms with E-state index in [-0.39, 0.29) is 19.1 Å². The summed E-state index contributed by atoms with van der Waals surface area (Å²) in [6, 6.07) is 12.0. The van der Waals surface area contributed by atoms with Crippen LogP contribution in [0.3, 0.4) is 0 Å². The zero-order chi connectivity index (χ0) is 19.1. The lowest BCUT2D eigenvalue weighted by atomic mass is 10.1. The van der Waals surface area contributed by atoms with Gasteiger partial charge in [-0.05, 0) is 30.7 Å². The van der Waals surface area contributed by atoms with E-state index < -0.39 is 11.9 Å². The van der Waals surface area contributed by atoms with Crippen molar-refractivity contribution < 1.29 is 19.1 Å². The number of para-hydroxylation sites is 1. The predicted octanol–water partition coefficient (Wildman–Crippen LogP) is 3.97. The SMILES string of the molecule is COc1ccccc1C(C)NC(=O)COC(=O)Cc1ccc(Cl)c(Cl)c1. The van der Waals surface area contributed by atoms with Gasteiger partial charge in [-0.1, -0.05) is 47.5 Å². The summed E-state index contributed by atoms with van der Waals surface area (Å²) in [5.41, 5.74) is 1.50. The van der Waals surface area contributed by atoms with Gasteiger partial charge in [0.15, 0.2) is 6.61 Å². The monoisotopic (exact) mass is 395 g/mol. The van der Waals surface area contributed by atoms with Gasteiger partial charge in [0.05, 0.1) is 29.6 Å². The fourth-order valence-corrected chi connectivity index (χ4v) is 2.72. The third kappa shape index (κ3) is 5.64. The van der Waals surface area contributed by atoms with Gasteiger partial charge in [-0.3, -0.25) is 9.59 Å². The third-order valence-electron chi connectivity index (χ3n) is 3.68. The minimum Gasteiger partial charge on any atom is -0.496 e. The average Bonchev–Trinajstić information content (AvgIpc) is 2.63. The minimum absolute atomic E-state index is 0.00618. The van der Waals surface area contributed by atoms with Crippen LogP contribution in [0.15, 0.2) is 42.5 Å². The second-order valence-corrected chi connectivity index (χ2v) is 6.43. The second kappa shape index (κ2) is 9.46. The number of carbonyl (C=O) groups excluding carboxylic acids is 2. The van der Waals surface area contributed by atoms with Gasteiger partial charge in [0.25, 0.3) is 5.91 Å². The average molecular weight is 396 g/mol. The lowest BCUT2D eigenvalue weighted by Gasteiger charge is -2.17. The molecule has 138 valence electrons. The summed E-state index contributed by atoms with van der Waals surface area (Å²) in [4.78, 5) is 23.9. The van der Waals surface area contributed by atoms with Gasteiger partial charge in [-0.15, -0.1) is 0 Å². The van der Waals surface area contributed by atoms with Crippen LogP contribution < -0.4 is 10.1 Å². The van der Waals surface area contributed by atoms with E-state index in [0.29, 0.717) is 21.4 Å². The Kier molecular flexibility index (Phi) is 7.30. The minimum atomic E-state index is -0.525. The van der Waals surface area contributed by atoms with E-state index in [0.717, 1.165) is 5.56 Å². The summed E-state index contributed by atoms with van der Waals surface area (Å²) in [6.45, 7) is 1.47. The highest BCUT2D eigenvalue weighted by molar-refractivity contribution is 6.42. The van der Waals surface area contributed by atoms with Crippen LogP contribution in [0.2, 0.25) is 10.0 Å². The molecule has 0 aliphatic rings. The summed E-state index contributed by atoms with van der Waals surface area (Å²) in [7, 11) is 1.57. The molecule has 0 aromatic heterocycles. The molecule has 7 heteroatoms. The maximum atomic E-state index is 12.0. The van der Waals surface area contributed by atoms with Crippen molar-refractivity contribution in [3.8, 4) is 5.75 Å². The maximum absolute atomic E-state index is 12.0. The number of benzene rings is 2. The fraction of sp³-hybridized carbons (Fsp3) is 0.263. The number of nitrogens with one attached hydrogen (secondary N) is 1. The standard InChI is InChI=1S/C19H19Cl2NO4/c1-12(14-5-3-4-6-17(14)25-2)22-18(23)11-26-19(24)10-13-7-8-15(20)16(21)9-13/h3-9,12H,10-11H2,1-2H3,(H,22,23). The maximum Gasteiger partial charge on any atom is 0.310 e. The Bertz CT molecular complexity index is 795. The highest BCUT2D eigenvalue weighted by Gasteiger charge is 2.15. The molecule has 1 atom stereocenters. The predicted molar refractivity (Wildman–Crippen MR) is 101 cm³/mol. The Hall–Kier alpha value is -2.24. The number of rotatable bonds is 7. The number of halogens is 2. The van der Waals surface area contributed by atoms with Crippen molar-refractivity contribution in [1.29, 1.82) is 0 Å². The van der Waals surface area contributed by atoms with Crippen molar-refractivity contribution in [2.75, 3.05) is 13.7 Å². The van der Waals surface area contributed by atoms with Gasteiger partial charge < -0.3 is 14.8 Å². The van der Waals surface area contributed by atoms with Gasteiger partial charge >= 0.3 is 5.97 Å². The number of carbonyl (C=O) groups is 2. The Morgan fingerprint density at radius 2 is 1.85 bits per heavy atom. The van der Waals surface area contributed by atoms with Gasteiger partial charge in [-0.25, -0.2) is 0 Å². The smallest absolute Gasteiger partial charge is 0.310 e. The molecule has 1 amide bonds. The van der Waals surface area contributed by atoms with Crippen LogP contribution in [0.25, 0.3) is 0 Å². The molecule has 0 bridgehead atoms. The first kappa shape index (κ1) is 20.1. The van der Waals surface area contributed by atoms with E-state index in [2.05, 4.69) is 5.32 Å². The summed E-state index contributed by atoms with van der Waals surface area (Å²) in [5, 5.41) is 3.54. The number of hydrogen-bond donors (Lipinski definition) is 1. The second-order valence-electron chi connectivity index (χ2n) is 5.62. The van der Waals surface area contributed by atoms with Gasteiger partial charge in [0.2, 0.25) is 0 Å². The van der Waals surface area contributed by atoms with E-state index in [1.54, 1.807) is 25.3 Å². The van der Waals surface area contributed by atoms with Crippen LogP contribution >= 0.6 is 23.2 Å². The molecule has 0 heterocycles. The van der Waals surface area contributed by atoms with Crippen molar-refractivity contribution in [3.05, 3.63) is 63.6 Å². The summed E-state index contributed by atoms with van der Waals surface area (Å²) >= 11 is 11.7. The van der Waals surface area contributed by atoms with E-state index in [1.165, 1.54) is 0 Å². The van der Waals surface area contributed by atoms with Crippen molar-refractivity contribution in [2.45, 2.75) is 19.4 Å². The molecule has 0 aliphatic heterocycles. The lowest BCUT2D eigenvalue weighted by Crippen LogP contribution is -2.31. The quantitative estimate of drug-likeness (QED) is 0.720. The number of methoxy groups -OCH3 is 1. The molecule has 0 spiro atoms. The topological polar surface area (TPSA) is 64.6 Å². The lowest BCUT2D eigenvalue weighted by molar-refractivity contribution is -0.148. The van der Waals surface area contributed by atoms with Crippen molar-refractivity contribution in [2.24, 2.45) is 0 Å². The molecule has 2 aromatic rings. The first-order chi connectivity index (χ1) is 12.4. The van der Waals surface area contributed by atoms with Crippen LogP contribution in [0, 0.1) is 0 Å². The Labute approximate surface area is 162 Å². The molecule has 26 heavy (non-hydrogen) atoms. The molecule has 1 N–H and O–H groups in total. The van der Waals surface area contributed by atoms with Crippen molar-refractivity contribution in [3.63, 3.8) is 0 Å². The van der Waals surface area contributed by atoms with Gasteiger partial charge in [-0.2, -0.15) is 0 Å². The van der Waals surface area contributed by atoms with E-state index in [1.807, 2.05) is 31.2 Å². The van der Waals surface area contributed by atoms with Gasteiger partial charge in [0, 0.05) is 5.56 Å². The zero-order valence-corrected chi connectivity index (χ0v) is 15.9. The van der Waals surface area contributed by atoms with E-state index >= 15 is 0 Å². The molecular weight excluding hydrogens is 377 g/mol. The van der Waals surface area contributed by atoms with Crippen LogP contribution in [0.4, 0.5) is 0 Å². The van der Waals surface area contributed by atoms with Crippen molar-refractivity contribution in [1.82, 2.24) is 5.32 Å². The first-order valence-corrected chi connectivity index (χ1v) is 8.68. The molecule has 5 nitrogen and oxygen atoms in total.